The number of nitrogens with two attached hydrogens (primary N) is 1. The van der Waals surface area contributed by atoms with Gasteiger partial charge >= 0.3 is 0 Å². The number of carbonyl (C=O) groups excluding carboxylic acids is 2. The molecule has 2 heterocycles. The van der Waals surface area contributed by atoms with Crippen LogP contribution in [-0.4, -0.2) is 43.4 Å². The molecule has 0 bridgehead atoms. The minimum atomic E-state index is -0.293. The van der Waals surface area contributed by atoms with E-state index in [1.165, 1.54) is 11.2 Å². The molecule has 1 fully saturated rings. The van der Waals surface area contributed by atoms with Gasteiger partial charge in [-0.05, 0) is 42.6 Å². The summed E-state index contributed by atoms with van der Waals surface area (Å²) in [7, 11) is 1.64. The average molecular weight is 378 g/mol. The molecule has 1 aliphatic heterocycles. The maximum absolute atomic E-state index is 13.0. The molecule has 1 aromatic carbocycles. The molecule has 2 amide bonds. The second-order valence-corrected chi connectivity index (χ2v) is 6.85. The maximum atomic E-state index is 13.0. The first kappa shape index (κ1) is 20.0. The zero-order chi connectivity index (χ0) is 18.0. The summed E-state index contributed by atoms with van der Waals surface area (Å²) in [5, 5.41) is 0. The third kappa shape index (κ3) is 3.76. The summed E-state index contributed by atoms with van der Waals surface area (Å²) < 4.78 is 5.18. The van der Waals surface area contributed by atoms with Gasteiger partial charge in [0, 0.05) is 20.1 Å². The number of hydrogen-bond donors (Lipinski definition) is 1. The molecule has 3 rings (SSSR count). The standard InChI is InChI=1S/C19H23N3O3.ClH/c1-19(12-20)9-10-22(13-19)17(23)14-6-3-4-7-15(14)21(2)18(24)16-8-5-11-25-16;/h3-8,11H,9-10,12-13,20H2,1-2H3;1H. The molecule has 0 radical (unpaired) electrons. The Balaban J connectivity index is 0.00000243. The third-order valence-electron chi connectivity index (χ3n) is 4.87. The molecule has 1 aliphatic rings. The maximum Gasteiger partial charge on any atom is 0.293 e. The van der Waals surface area contributed by atoms with Crippen molar-refractivity contribution in [2.24, 2.45) is 11.1 Å². The minimum Gasteiger partial charge on any atom is -0.459 e. The first-order chi connectivity index (χ1) is 11.9. The quantitative estimate of drug-likeness (QED) is 0.888. The second kappa shape index (κ2) is 7.93. The largest absolute Gasteiger partial charge is 0.459 e. The van der Waals surface area contributed by atoms with Crippen molar-refractivity contribution in [1.82, 2.24) is 4.90 Å². The van der Waals surface area contributed by atoms with Gasteiger partial charge in [0.2, 0.25) is 0 Å². The van der Waals surface area contributed by atoms with Crippen LogP contribution in [-0.2, 0) is 0 Å². The van der Waals surface area contributed by atoms with E-state index >= 15 is 0 Å². The highest BCUT2D eigenvalue weighted by Gasteiger charge is 2.36. The zero-order valence-electron chi connectivity index (χ0n) is 15.0. The third-order valence-corrected chi connectivity index (χ3v) is 4.87. The molecule has 140 valence electrons. The fraction of sp³-hybridized carbons (Fsp3) is 0.368. The predicted octanol–water partition coefficient (Wildman–Crippen LogP) is 2.79. The van der Waals surface area contributed by atoms with Crippen molar-refractivity contribution in [2.45, 2.75) is 13.3 Å². The molecule has 0 aliphatic carbocycles. The van der Waals surface area contributed by atoms with Gasteiger partial charge in [0.15, 0.2) is 5.76 Å². The van der Waals surface area contributed by atoms with Gasteiger partial charge < -0.3 is 20.0 Å². The molecule has 1 aromatic heterocycles. The number of amides is 2. The molecule has 7 heteroatoms. The summed E-state index contributed by atoms with van der Waals surface area (Å²) in [6, 6.07) is 10.4. The lowest BCUT2D eigenvalue weighted by Crippen LogP contribution is -2.35. The number of hydrogen-bond acceptors (Lipinski definition) is 4. The van der Waals surface area contributed by atoms with Crippen LogP contribution >= 0.6 is 12.4 Å². The number of benzene rings is 1. The fourth-order valence-corrected chi connectivity index (χ4v) is 3.16. The Morgan fingerprint density at radius 1 is 1.27 bits per heavy atom. The van der Waals surface area contributed by atoms with Crippen molar-refractivity contribution in [2.75, 3.05) is 31.6 Å². The smallest absolute Gasteiger partial charge is 0.293 e. The van der Waals surface area contributed by atoms with E-state index in [1.54, 1.807) is 37.4 Å². The van der Waals surface area contributed by atoms with Gasteiger partial charge in [-0.15, -0.1) is 12.4 Å². The lowest BCUT2D eigenvalue weighted by Gasteiger charge is -2.25. The Hall–Kier alpha value is -2.31. The van der Waals surface area contributed by atoms with E-state index in [9.17, 15) is 9.59 Å². The molecule has 0 saturated carbocycles. The van der Waals surface area contributed by atoms with Gasteiger partial charge in [0.1, 0.15) is 0 Å². The Morgan fingerprint density at radius 2 is 2.00 bits per heavy atom. The topological polar surface area (TPSA) is 79.8 Å². The number of nitrogens with zero attached hydrogens (tertiary/aromatic N) is 2. The number of furan rings is 1. The van der Waals surface area contributed by atoms with E-state index in [1.807, 2.05) is 11.0 Å². The summed E-state index contributed by atoms with van der Waals surface area (Å²) in [6.07, 6.45) is 2.34. The average Bonchev–Trinajstić information content (AvgIpc) is 3.30. The van der Waals surface area contributed by atoms with E-state index < -0.39 is 0 Å². The van der Waals surface area contributed by atoms with Gasteiger partial charge in [0.25, 0.3) is 11.8 Å². The van der Waals surface area contributed by atoms with E-state index in [4.69, 9.17) is 10.2 Å². The molecule has 26 heavy (non-hydrogen) atoms. The summed E-state index contributed by atoms with van der Waals surface area (Å²) in [5.74, 6) is -0.132. The lowest BCUT2D eigenvalue weighted by atomic mass is 9.90. The van der Waals surface area contributed by atoms with E-state index in [-0.39, 0.29) is 35.4 Å². The van der Waals surface area contributed by atoms with Crippen molar-refractivity contribution in [3.63, 3.8) is 0 Å². The highest BCUT2D eigenvalue weighted by molar-refractivity contribution is 6.09. The molecule has 1 atom stereocenters. The fourth-order valence-electron chi connectivity index (χ4n) is 3.16. The normalized spacial score (nSPS) is 19.1. The van der Waals surface area contributed by atoms with Crippen LogP contribution in [0.1, 0.15) is 34.3 Å². The first-order valence-corrected chi connectivity index (χ1v) is 8.35. The van der Waals surface area contributed by atoms with E-state index in [2.05, 4.69) is 6.92 Å². The van der Waals surface area contributed by atoms with Crippen LogP contribution in [0.3, 0.4) is 0 Å². The van der Waals surface area contributed by atoms with Crippen LogP contribution in [0.15, 0.2) is 47.1 Å². The Kier molecular flexibility index (Phi) is 6.10. The second-order valence-electron chi connectivity index (χ2n) is 6.85. The molecular formula is C19H24ClN3O3. The van der Waals surface area contributed by atoms with Crippen molar-refractivity contribution >= 4 is 29.9 Å². The number of likely N-dealkylation sites (tertiary alicyclic amines) is 1. The van der Waals surface area contributed by atoms with Gasteiger partial charge in [0.05, 0.1) is 17.5 Å². The molecule has 2 N–H and O–H groups in total. The van der Waals surface area contributed by atoms with Crippen LogP contribution in [0.5, 0.6) is 0 Å². The van der Waals surface area contributed by atoms with E-state index in [0.717, 1.165) is 6.42 Å². The van der Waals surface area contributed by atoms with Crippen molar-refractivity contribution in [1.29, 1.82) is 0 Å². The SMILES string of the molecule is CN(C(=O)c1ccco1)c1ccccc1C(=O)N1CCC(C)(CN)C1.Cl. The molecule has 2 aromatic rings. The predicted molar refractivity (Wildman–Crippen MR) is 103 cm³/mol. The first-order valence-electron chi connectivity index (χ1n) is 8.35. The summed E-state index contributed by atoms with van der Waals surface area (Å²) in [4.78, 5) is 28.8. The van der Waals surface area contributed by atoms with Crippen LogP contribution < -0.4 is 10.6 Å². The molecule has 1 unspecified atom stereocenters. The van der Waals surface area contributed by atoms with Crippen molar-refractivity contribution in [3.8, 4) is 0 Å². The highest BCUT2D eigenvalue weighted by atomic mass is 35.5. The van der Waals surface area contributed by atoms with Gasteiger partial charge in [-0.3, -0.25) is 9.59 Å². The monoisotopic (exact) mass is 377 g/mol. The van der Waals surface area contributed by atoms with Gasteiger partial charge in [-0.2, -0.15) is 0 Å². The lowest BCUT2D eigenvalue weighted by molar-refractivity contribution is 0.0777. The van der Waals surface area contributed by atoms with Crippen LogP contribution in [0, 0.1) is 5.41 Å². The number of halogens is 1. The summed E-state index contributed by atoms with van der Waals surface area (Å²) >= 11 is 0. The van der Waals surface area contributed by atoms with Gasteiger partial charge in [-0.1, -0.05) is 19.1 Å². The van der Waals surface area contributed by atoms with Crippen LogP contribution in [0.2, 0.25) is 0 Å². The highest BCUT2D eigenvalue weighted by Crippen LogP contribution is 2.31. The molecular weight excluding hydrogens is 354 g/mol. The molecule has 0 spiro atoms. The van der Waals surface area contributed by atoms with Gasteiger partial charge in [-0.25, -0.2) is 0 Å². The summed E-state index contributed by atoms with van der Waals surface area (Å²) in [5.41, 5.74) is 6.87. The van der Waals surface area contributed by atoms with Crippen LogP contribution in [0.4, 0.5) is 5.69 Å². The number of anilines is 1. The Labute approximate surface area is 159 Å². The van der Waals surface area contributed by atoms with Crippen molar-refractivity contribution in [3.05, 3.63) is 54.0 Å². The Morgan fingerprint density at radius 3 is 2.62 bits per heavy atom. The van der Waals surface area contributed by atoms with E-state index in [0.29, 0.717) is 30.9 Å². The van der Waals surface area contributed by atoms with Crippen molar-refractivity contribution < 1.29 is 14.0 Å². The number of carbonyl (C=O) groups is 2. The minimum absolute atomic E-state index is 0. The Bertz CT molecular complexity index is 778. The molecule has 1 saturated heterocycles. The number of rotatable bonds is 4. The van der Waals surface area contributed by atoms with Crippen LogP contribution in [0.25, 0.3) is 0 Å². The zero-order valence-corrected chi connectivity index (χ0v) is 15.8. The molecule has 6 nitrogen and oxygen atoms in total. The number of para-hydroxylation sites is 1. The summed E-state index contributed by atoms with van der Waals surface area (Å²) in [6.45, 7) is 3.96.